The Balaban J connectivity index is 2.16. The minimum absolute atomic E-state index is 0.218. The normalized spacial score (nSPS) is 10.4. The average molecular weight is 361 g/mol. The molecule has 2 aromatic rings. The highest BCUT2D eigenvalue weighted by Crippen LogP contribution is 2.14. The van der Waals surface area contributed by atoms with Gasteiger partial charge >= 0.3 is 11.7 Å². The van der Waals surface area contributed by atoms with Gasteiger partial charge in [0.05, 0.1) is 12.2 Å². The number of esters is 1. The minimum atomic E-state index is -0.781. The van der Waals surface area contributed by atoms with E-state index in [9.17, 15) is 19.2 Å². The SMILES string of the molecule is CCOC(=O)c1ccc(OCC(=O)c2c(N)n(C)c(=O)n(C)c2=O)cc1. The van der Waals surface area contributed by atoms with E-state index in [0.29, 0.717) is 11.3 Å². The van der Waals surface area contributed by atoms with Gasteiger partial charge in [-0.2, -0.15) is 0 Å². The van der Waals surface area contributed by atoms with Crippen LogP contribution in [0.1, 0.15) is 27.6 Å². The Hall–Kier alpha value is -3.36. The second kappa shape index (κ2) is 7.68. The van der Waals surface area contributed by atoms with Crippen LogP contribution in [-0.4, -0.2) is 34.1 Å². The Morgan fingerprint density at radius 2 is 1.69 bits per heavy atom. The van der Waals surface area contributed by atoms with Gasteiger partial charge in [-0.05, 0) is 31.2 Å². The van der Waals surface area contributed by atoms with Crippen LogP contribution in [0.5, 0.6) is 5.75 Å². The monoisotopic (exact) mass is 361 g/mol. The first-order chi connectivity index (χ1) is 12.3. The molecule has 138 valence electrons. The van der Waals surface area contributed by atoms with Crippen molar-refractivity contribution in [2.24, 2.45) is 14.1 Å². The second-order valence-corrected chi connectivity index (χ2v) is 5.42. The third-order valence-corrected chi connectivity index (χ3v) is 3.72. The van der Waals surface area contributed by atoms with Crippen LogP contribution < -0.4 is 21.7 Å². The van der Waals surface area contributed by atoms with Crippen molar-refractivity contribution in [1.82, 2.24) is 9.13 Å². The van der Waals surface area contributed by atoms with Crippen molar-refractivity contribution in [3.05, 3.63) is 56.2 Å². The summed E-state index contributed by atoms with van der Waals surface area (Å²) in [6.07, 6.45) is 0. The average Bonchev–Trinajstić information content (AvgIpc) is 2.64. The summed E-state index contributed by atoms with van der Waals surface area (Å²) >= 11 is 0. The molecule has 0 aliphatic rings. The molecule has 0 saturated carbocycles. The van der Waals surface area contributed by atoms with E-state index in [4.69, 9.17) is 15.2 Å². The van der Waals surface area contributed by atoms with Crippen LogP contribution in [-0.2, 0) is 18.8 Å². The van der Waals surface area contributed by atoms with Gasteiger partial charge in [-0.3, -0.25) is 18.7 Å². The number of nitrogen functional groups attached to an aromatic ring is 1. The van der Waals surface area contributed by atoms with Gasteiger partial charge in [0.25, 0.3) is 5.56 Å². The molecule has 26 heavy (non-hydrogen) atoms. The first-order valence-electron chi connectivity index (χ1n) is 7.76. The summed E-state index contributed by atoms with van der Waals surface area (Å²) in [6, 6.07) is 6.00. The zero-order valence-corrected chi connectivity index (χ0v) is 14.6. The quantitative estimate of drug-likeness (QED) is 0.572. The molecular weight excluding hydrogens is 342 g/mol. The molecule has 1 aromatic carbocycles. The number of anilines is 1. The van der Waals surface area contributed by atoms with Crippen LogP contribution in [0.25, 0.3) is 0 Å². The van der Waals surface area contributed by atoms with Crippen molar-refractivity contribution < 1.29 is 19.1 Å². The molecule has 0 aliphatic carbocycles. The Bertz CT molecular complexity index is 956. The van der Waals surface area contributed by atoms with Crippen LogP contribution >= 0.6 is 0 Å². The van der Waals surface area contributed by atoms with Crippen LogP contribution in [0.2, 0.25) is 0 Å². The lowest BCUT2D eigenvalue weighted by Gasteiger charge is -2.11. The summed E-state index contributed by atoms with van der Waals surface area (Å²) in [4.78, 5) is 47.8. The number of nitrogens with two attached hydrogens (primary N) is 1. The first kappa shape index (κ1) is 19.0. The van der Waals surface area contributed by atoms with Gasteiger partial charge in [0.2, 0.25) is 5.78 Å². The van der Waals surface area contributed by atoms with E-state index in [1.807, 2.05) is 0 Å². The van der Waals surface area contributed by atoms with Crippen LogP contribution in [0, 0.1) is 0 Å². The maximum Gasteiger partial charge on any atom is 0.338 e. The van der Waals surface area contributed by atoms with Crippen LogP contribution in [0.3, 0.4) is 0 Å². The predicted octanol–water partition coefficient (Wildman–Crippen LogP) is 0.105. The third-order valence-electron chi connectivity index (χ3n) is 3.72. The number of hydrogen-bond acceptors (Lipinski definition) is 7. The largest absolute Gasteiger partial charge is 0.485 e. The zero-order chi connectivity index (χ0) is 19.4. The van der Waals surface area contributed by atoms with Crippen molar-refractivity contribution in [2.75, 3.05) is 18.9 Å². The number of carbonyl (C=O) groups is 2. The molecule has 0 saturated heterocycles. The fraction of sp³-hybridized carbons (Fsp3) is 0.294. The molecule has 1 heterocycles. The summed E-state index contributed by atoms with van der Waals surface area (Å²) in [6.45, 7) is 1.52. The van der Waals surface area contributed by atoms with Crippen molar-refractivity contribution >= 4 is 17.6 Å². The molecule has 2 rings (SSSR count). The summed E-state index contributed by atoms with van der Waals surface area (Å²) in [5.74, 6) is -1.01. The number of hydrogen-bond donors (Lipinski definition) is 1. The van der Waals surface area contributed by atoms with E-state index in [1.54, 1.807) is 6.92 Å². The van der Waals surface area contributed by atoms with Gasteiger partial charge in [-0.1, -0.05) is 0 Å². The molecule has 0 spiro atoms. The van der Waals surface area contributed by atoms with E-state index >= 15 is 0 Å². The van der Waals surface area contributed by atoms with Crippen molar-refractivity contribution in [3.8, 4) is 5.75 Å². The molecule has 0 aliphatic heterocycles. The lowest BCUT2D eigenvalue weighted by molar-refractivity contribution is 0.0526. The molecule has 0 atom stereocenters. The zero-order valence-electron chi connectivity index (χ0n) is 14.6. The Morgan fingerprint density at radius 3 is 2.27 bits per heavy atom. The van der Waals surface area contributed by atoms with Crippen molar-refractivity contribution in [1.29, 1.82) is 0 Å². The number of carbonyl (C=O) groups excluding carboxylic acids is 2. The molecule has 0 fully saturated rings. The number of rotatable bonds is 6. The smallest absolute Gasteiger partial charge is 0.338 e. The number of ether oxygens (including phenoxy) is 2. The Morgan fingerprint density at radius 1 is 1.08 bits per heavy atom. The van der Waals surface area contributed by atoms with E-state index in [1.165, 1.54) is 38.4 Å². The highest BCUT2D eigenvalue weighted by molar-refractivity contribution is 6.00. The van der Waals surface area contributed by atoms with E-state index < -0.39 is 29.6 Å². The standard InChI is InChI=1S/C17H19N3O6/c1-4-25-16(23)10-5-7-11(8-6-10)26-9-12(21)13-14(18)19(2)17(24)20(3)15(13)22/h5-8H,4,9,18H2,1-3H3. The number of nitrogens with zero attached hydrogens (tertiary/aromatic N) is 2. The molecule has 9 heteroatoms. The maximum atomic E-state index is 12.3. The van der Waals surface area contributed by atoms with Crippen molar-refractivity contribution in [2.45, 2.75) is 6.92 Å². The Labute approximate surface area is 148 Å². The molecule has 0 radical (unpaired) electrons. The van der Waals surface area contributed by atoms with Gasteiger partial charge in [0.1, 0.15) is 17.1 Å². The topological polar surface area (TPSA) is 123 Å². The molecule has 9 nitrogen and oxygen atoms in total. The second-order valence-electron chi connectivity index (χ2n) is 5.42. The first-order valence-corrected chi connectivity index (χ1v) is 7.76. The van der Waals surface area contributed by atoms with E-state index in [2.05, 4.69) is 0 Å². The lowest BCUT2D eigenvalue weighted by atomic mass is 10.2. The number of ketones is 1. The highest BCUT2D eigenvalue weighted by Gasteiger charge is 2.20. The van der Waals surface area contributed by atoms with E-state index in [0.717, 1.165) is 9.13 Å². The molecule has 2 N–H and O–H groups in total. The molecular formula is C17H19N3O6. The molecule has 0 amide bonds. The van der Waals surface area contributed by atoms with Crippen molar-refractivity contribution in [3.63, 3.8) is 0 Å². The summed E-state index contributed by atoms with van der Waals surface area (Å²) in [7, 11) is 2.62. The number of aromatic nitrogens is 2. The number of Topliss-reactive ketones (excluding diaryl/α,β-unsaturated/α-hetero) is 1. The highest BCUT2D eigenvalue weighted by atomic mass is 16.5. The van der Waals surface area contributed by atoms with Gasteiger partial charge in [0.15, 0.2) is 6.61 Å². The molecule has 1 aromatic heterocycles. The fourth-order valence-electron chi connectivity index (χ4n) is 2.24. The molecule has 0 bridgehead atoms. The van der Waals surface area contributed by atoms with Gasteiger partial charge in [-0.25, -0.2) is 9.59 Å². The molecule has 0 unspecified atom stereocenters. The third kappa shape index (κ3) is 3.66. The predicted molar refractivity (Wildman–Crippen MR) is 93.6 cm³/mol. The minimum Gasteiger partial charge on any atom is -0.485 e. The lowest BCUT2D eigenvalue weighted by Crippen LogP contribution is -2.42. The number of benzene rings is 1. The van der Waals surface area contributed by atoms with Gasteiger partial charge in [-0.15, -0.1) is 0 Å². The van der Waals surface area contributed by atoms with Crippen LogP contribution in [0.4, 0.5) is 5.82 Å². The fourth-order valence-corrected chi connectivity index (χ4v) is 2.24. The summed E-state index contributed by atoms with van der Waals surface area (Å²) < 4.78 is 12.0. The van der Waals surface area contributed by atoms with Gasteiger partial charge < -0.3 is 15.2 Å². The maximum absolute atomic E-state index is 12.3. The Kier molecular flexibility index (Phi) is 5.61. The summed E-state index contributed by atoms with van der Waals surface area (Å²) in [5, 5.41) is 0. The summed E-state index contributed by atoms with van der Waals surface area (Å²) in [5.41, 5.74) is 4.36. The van der Waals surface area contributed by atoms with E-state index in [-0.39, 0.29) is 18.0 Å². The van der Waals surface area contributed by atoms with Gasteiger partial charge in [0, 0.05) is 14.1 Å². The van der Waals surface area contributed by atoms with Crippen LogP contribution in [0.15, 0.2) is 33.9 Å².